The predicted octanol–water partition coefficient (Wildman–Crippen LogP) is 3.27. The molecular weight excluding hydrogens is 262 g/mol. The van der Waals surface area contributed by atoms with Crippen LogP contribution in [0.1, 0.15) is 43.0 Å². The Labute approximate surface area is 118 Å². The number of rotatable bonds is 3. The highest BCUT2D eigenvalue weighted by Gasteiger charge is 2.22. The third-order valence-corrected chi connectivity index (χ3v) is 3.60. The van der Waals surface area contributed by atoms with E-state index >= 15 is 0 Å². The fourth-order valence-electron chi connectivity index (χ4n) is 2.49. The summed E-state index contributed by atoms with van der Waals surface area (Å²) in [6, 6.07) is 7.95. The number of hydrogen-bond donors (Lipinski definition) is 1. The van der Waals surface area contributed by atoms with Crippen molar-refractivity contribution in [1.29, 1.82) is 0 Å². The number of hydrogen-bond acceptors (Lipinski definition) is 4. The molecule has 0 amide bonds. The van der Waals surface area contributed by atoms with Gasteiger partial charge in [0.15, 0.2) is 5.82 Å². The van der Waals surface area contributed by atoms with Gasteiger partial charge in [-0.2, -0.15) is 4.98 Å². The first kappa shape index (κ1) is 14.0. The van der Waals surface area contributed by atoms with Crippen molar-refractivity contribution in [3.8, 4) is 11.5 Å². The molecule has 0 unspecified atom stereocenters. The van der Waals surface area contributed by atoms with Crippen LogP contribution >= 0.6 is 12.4 Å². The highest BCUT2D eigenvalue weighted by molar-refractivity contribution is 5.85. The zero-order chi connectivity index (χ0) is 12.4. The maximum atomic E-state index is 5.57. The predicted molar refractivity (Wildman–Crippen MR) is 76.1 cm³/mol. The molecule has 102 valence electrons. The molecular formula is C14H18ClN3O. The third-order valence-electron chi connectivity index (χ3n) is 3.60. The van der Waals surface area contributed by atoms with E-state index in [1.165, 1.54) is 25.7 Å². The van der Waals surface area contributed by atoms with Gasteiger partial charge in [0.2, 0.25) is 0 Å². The van der Waals surface area contributed by atoms with Gasteiger partial charge in [-0.05, 0) is 30.5 Å². The van der Waals surface area contributed by atoms with Crippen LogP contribution < -0.4 is 5.73 Å². The summed E-state index contributed by atoms with van der Waals surface area (Å²) in [4.78, 5) is 4.51. The van der Waals surface area contributed by atoms with Crippen molar-refractivity contribution in [1.82, 2.24) is 10.1 Å². The fourth-order valence-corrected chi connectivity index (χ4v) is 2.49. The second-order valence-electron chi connectivity index (χ2n) is 4.84. The van der Waals surface area contributed by atoms with Crippen molar-refractivity contribution >= 4 is 12.4 Å². The van der Waals surface area contributed by atoms with E-state index in [0.29, 0.717) is 18.4 Å². The van der Waals surface area contributed by atoms with E-state index < -0.39 is 0 Å². The van der Waals surface area contributed by atoms with Crippen LogP contribution in [0.3, 0.4) is 0 Å². The molecule has 0 spiro atoms. The van der Waals surface area contributed by atoms with Crippen molar-refractivity contribution < 1.29 is 4.52 Å². The molecule has 1 heterocycles. The fraction of sp³-hybridized carbons (Fsp3) is 0.429. The summed E-state index contributed by atoms with van der Waals surface area (Å²) >= 11 is 0. The van der Waals surface area contributed by atoms with Gasteiger partial charge in [-0.25, -0.2) is 0 Å². The Kier molecular flexibility index (Phi) is 4.56. The van der Waals surface area contributed by atoms with Gasteiger partial charge in [0.25, 0.3) is 5.89 Å². The summed E-state index contributed by atoms with van der Waals surface area (Å²) in [5.41, 5.74) is 7.64. The van der Waals surface area contributed by atoms with E-state index in [1.54, 1.807) is 0 Å². The molecule has 2 N–H and O–H groups in total. The maximum absolute atomic E-state index is 5.57. The van der Waals surface area contributed by atoms with Crippen LogP contribution in [0, 0.1) is 0 Å². The molecule has 0 aliphatic heterocycles. The summed E-state index contributed by atoms with van der Waals surface area (Å²) in [6.45, 7) is 0.553. The molecule has 3 rings (SSSR count). The summed E-state index contributed by atoms with van der Waals surface area (Å²) in [5.74, 6) is 1.97. The lowest BCUT2D eigenvalue weighted by molar-refractivity contribution is 0.416. The minimum atomic E-state index is 0. The standard InChI is InChI=1S/C14H17N3O.ClH/c15-9-10-5-7-12(8-6-10)14-16-13(17-18-14)11-3-1-2-4-11;/h5-8,11H,1-4,9,15H2;1H. The van der Waals surface area contributed by atoms with Crippen molar-refractivity contribution in [3.05, 3.63) is 35.7 Å². The molecule has 1 aliphatic carbocycles. The zero-order valence-corrected chi connectivity index (χ0v) is 11.5. The van der Waals surface area contributed by atoms with Crippen LogP contribution in [0.15, 0.2) is 28.8 Å². The first-order chi connectivity index (χ1) is 8.86. The van der Waals surface area contributed by atoms with Crippen LogP contribution in [0.4, 0.5) is 0 Å². The first-order valence-corrected chi connectivity index (χ1v) is 6.50. The number of nitrogens with two attached hydrogens (primary N) is 1. The molecule has 1 aliphatic rings. The lowest BCUT2D eigenvalue weighted by Gasteiger charge is -2.00. The van der Waals surface area contributed by atoms with Gasteiger partial charge in [-0.15, -0.1) is 12.4 Å². The van der Waals surface area contributed by atoms with Gasteiger partial charge in [-0.3, -0.25) is 0 Å². The maximum Gasteiger partial charge on any atom is 0.257 e. The van der Waals surface area contributed by atoms with Crippen molar-refractivity contribution in [2.24, 2.45) is 5.73 Å². The summed E-state index contributed by atoms with van der Waals surface area (Å²) in [6.07, 6.45) is 4.93. The van der Waals surface area contributed by atoms with Gasteiger partial charge in [0.05, 0.1) is 0 Å². The Morgan fingerprint density at radius 1 is 1.16 bits per heavy atom. The summed E-state index contributed by atoms with van der Waals surface area (Å²) in [7, 11) is 0. The summed E-state index contributed by atoms with van der Waals surface area (Å²) in [5, 5.41) is 4.11. The Morgan fingerprint density at radius 3 is 2.47 bits per heavy atom. The molecule has 0 atom stereocenters. The van der Waals surface area contributed by atoms with Gasteiger partial charge in [0, 0.05) is 18.0 Å². The quantitative estimate of drug-likeness (QED) is 0.936. The minimum Gasteiger partial charge on any atom is -0.334 e. The zero-order valence-electron chi connectivity index (χ0n) is 10.7. The smallest absolute Gasteiger partial charge is 0.257 e. The van der Waals surface area contributed by atoms with E-state index in [9.17, 15) is 0 Å². The molecule has 5 heteroatoms. The van der Waals surface area contributed by atoms with E-state index in [0.717, 1.165) is 17.0 Å². The van der Waals surface area contributed by atoms with Crippen LogP contribution in [0.25, 0.3) is 11.5 Å². The molecule has 0 radical (unpaired) electrons. The molecule has 1 aromatic carbocycles. The lowest BCUT2D eigenvalue weighted by atomic mass is 10.1. The normalized spacial score (nSPS) is 15.4. The highest BCUT2D eigenvalue weighted by Crippen LogP contribution is 2.33. The molecule has 1 saturated carbocycles. The third kappa shape index (κ3) is 2.96. The van der Waals surface area contributed by atoms with Crippen LogP contribution in [-0.4, -0.2) is 10.1 Å². The Balaban J connectivity index is 0.00000133. The molecule has 0 saturated heterocycles. The lowest BCUT2D eigenvalue weighted by Crippen LogP contribution is -1.95. The molecule has 1 aromatic heterocycles. The van der Waals surface area contributed by atoms with E-state index in [4.69, 9.17) is 10.3 Å². The van der Waals surface area contributed by atoms with Gasteiger partial charge in [0.1, 0.15) is 0 Å². The van der Waals surface area contributed by atoms with Crippen molar-refractivity contribution in [3.63, 3.8) is 0 Å². The minimum absolute atomic E-state index is 0. The van der Waals surface area contributed by atoms with Gasteiger partial charge < -0.3 is 10.3 Å². The Morgan fingerprint density at radius 2 is 1.84 bits per heavy atom. The molecule has 19 heavy (non-hydrogen) atoms. The van der Waals surface area contributed by atoms with E-state index in [-0.39, 0.29) is 12.4 Å². The van der Waals surface area contributed by atoms with Crippen molar-refractivity contribution in [2.75, 3.05) is 0 Å². The second kappa shape index (κ2) is 6.17. The molecule has 1 fully saturated rings. The number of halogens is 1. The molecule has 4 nitrogen and oxygen atoms in total. The van der Waals surface area contributed by atoms with Crippen LogP contribution in [0.2, 0.25) is 0 Å². The largest absolute Gasteiger partial charge is 0.334 e. The Hall–Kier alpha value is -1.39. The number of aromatic nitrogens is 2. The first-order valence-electron chi connectivity index (χ1n) is 6.50. The summed E-state index contributed by atoms with van der Waals surface area (Å²) < 4.78 is 5.34. The van der Waals surface area contributed by atoms with Gasteiger partial charge >= 0.3 is 0 Å². The topological polar surface area (TPSA) is 64.9 Å². The van der Waals surface area contributed by atoms with Crippen molar-refractivity contribution in [2.45, 2.75) is 38.1 Å². The van der Waals surface area contributed by atoms with Crippen LogP contribution in [-0.2, 0) is 6.54 Å². The highest BCUT2D eigenvalue weighted by atomic mass is 35.5. The Bertz CT molecular complexity index is 518. The SMILES string of the molecule is Cl.NCc1ccc(-c2nc(C3CCCC3)no2)cc1. The van der Waals surface area contributed by atoms with E-state index in [1.807, 2.05) is 24.3 Å². The average molecular weight is 280 g/mol. The van der Waals surface area contributed by atoms with E-state index in [2.05, 4.69) is 10.1 Å². The average Bonchev–Trinajstić information content (AvgIpc) is 3.09. The van der Waals surface area contributed by atoms with Gasteiger partial charge in [-0.1, -0.05) is 30.1 Å². The number of nitrogens with zero attached hydrogens (tertiary/aromatic N) is 2. The number of benzene rings is 1. The molecule has 2 aromatic rings. The monoisotopic (exact) mass is 279 g/mol. The molecule has 0 bridgehead atoms. The second-order valence-corrected chi connectivity index (χ2v) is 4.84. The van der Waals surface area contributed by atoms with Crippen LogP contribution in [0.5, 0.6) is 0 Å².